The number of likely N-dealkylation sites (tertiary alicyclic amines) is 1. The number of hydrogen-bond donors (Lipinski definition) is 1. The van der Waals surface area contributed by atoms with E-state index in [1.54, 1.807) is 18.2 Å². The zero-order valence-electron chi connectivity index (χ0n) is 15.2. The molecule has 25 heavy (non-hydrogen) atoms. The van der Waals surface area contributed by atoms with Crippen molar-refractivity contribution in [1.29, 1.82) is 0 Å². The normalized spacial score (nSPS) is 22.0. The summed E-state index contributed by atoms with van der Waals surface area (Å²) in [6.07, 6.45) is 2.40. The molecule has 140 valence electrons. The smallest absolute Gasteiger partial charge is 0.244 e. The summed E-state index contributed by atoms with van der Waals surface area (Å²) in [4.78, 5) is 2.52. The second-order valence-corrected chi connectivity index (χ2v) is 9.35. The predicted molar refractivity (Wildman–Crippen MR) is 96.7 cm³/mol. The third kappa shape index (κ3) is 4.10. The minimum absolute atomic E-state index is 0.146. The molecule has 7 heteroatoms. The van der Waals surface area contributed by atoms with Gasteiger partial charge in [0, 0.05) is 18.6 Å². The molecule has 0 amide bonds. The maximum atomic E-state index is 12.8. The van der Waals surface area contributed by atoms with Crippen molar-refractivity contribution >= 4 is 10.0 Å². The molecular formula is C18H28N2O4S. The molecule has 3 rings (SSSR count). The van der Waals surface area contributed by atoms with E-state index in [0.717, 1.165) is 19.5 Å². The lowest BCUT2D eigenvalue weighted by molar-refractivity contribution is 0.0746. The van der Waals surface area contributed by atoms with E-state index in [1.807, 2.05) is 0 Å². The minimum atomic E-state index is -3.67. The molecule has 1 saturated heterocycles. The first kappa shape index (κ1) is 18.5. The average molecular weight is 368 g/mol. The van der Waals surface area contributed by atoms with Gasteiger partial charge in [-0.05, 0) is 51.3 Å². The van der Waals surface area contributed by atoms with E-state index >= 15 is 0 Å². The molecule has 0 spiro atoms. The number of para-hydroxylation sites is 1. The summed E-state index contributed by atoms with van der Waals surface area (Å²) >= 11 is 0. The molecule has 0 aliphatic carbocycles. The highest BCUT2D eigenvalue weighted by Gasteiger charge is 2.32. The SMILES string of the molecule is C[C@@H]1CCCN(C(C)(C)CNS(=O)(=O)c2cccc3c2OCCO3)C1. The van der Waals surface area contributed by atoms with Crippen molar-refractivity contribution in [2.45, 2.75) is 44.0 Å². The Kier molecular flexibility index (Phi) is 5.27. The molecule has 0 unspecified atom stereocenters. The number of nitrogens with one attached hydrogen (secondary N) is 1. The number of sulfonamides is 1. The number of benzene rings is 1. The van der Waals surface area contributed by atoms with Gasteiger partial charge in [-0.15, -0.1) is 0 Å². The first-order chi connectivity index (χ1) is 11.8. The van der Waals surface area contributed by atoms with Crippen molar-refractivity contribution in [2.24, 2.45) is 5.92 Å². The van der Waals surface area contributed by atoms with Crippen LogP contribution in [0.5, 0.6) is 11.5 Å². The van der Waals surface area contributed by atoms with Crippen molar-refractivity contribution in [3.05, 3.63) is 18.2 Å². The third-order valence-corrected chi connectivity index (χ3v) is 6.45. The quantitative estimate of drug-likeness (QED) is 0.863. The number of piperidine rings is 1. The van der Waals surface area contributed by atoms with Crippen LogP contribution in [0.1, 0.15) is 33.6 Å². The maximum absolute atomic E-state index is 12.8. The molecule has 6 nitrogen and oxygen atoms in total. The van der Waals surface area contributed by atoms with Crippen molar-refractivity contribution in [3.8, 4) is 11.5 Å². The highest BCUT2D eigenvalue weighted by molar-refractivity contribution is 7.89. The molecule has 0 radical (unpaired) electrons. The summed E-state index contributed by atoms with van der Waals surface area (Å²) in [5, 5.41) is 0. The molecule has 1 fully saturated rings. The number of fused-ring (bicyclic) bond motifs is 1. The first-order valence-electron chi connectivity index (χ1n) is 8.93. The number of hydrogen-bond acceptors (Lipinski definition) is 5. The van der Waals surface area contributed by atoms with Crippen LogP contribution in [0.15, 0.2) is 23.1 Å². The van der Waals surface area contributed by atoms with Gasteiger partial charge in [0.2, 0.25) is 10.0 Å². The largest absolute Gasteiger partial charge is 0.486 e. The minimum Gasteiger partial charge on any atom is -0.486 e. The zero-order chi connectivity index (χ0) is 18.1. The average Bonchev–Trinajstić information content (AvgIpc) is 2.60. The van der Waals surface area contributed by atoms with Crippen LogP contribution in [0, 0.1) is 5.92 Å². The van der Waals surface area contributed by atoms with Crippen molar-refractivity contribution in [3.63, 3.8) is 0 Å². The van der Waals surface area contributed by atoms with E-state index in [0.29, 0.717) is 37.2 Å². The molecule has 2 heterocycles. The summed E-state index contributed by atoms with van der Waals surface area (Å²) in [5.41, 5.74) is -0.242. The summed E-state index contributed by atoms with van der Waals surface area (Å²) in [7, 11) is -3.67. The molecule has 0 saturated carbocycles. The van der Waals surface area contributed by atoms with Gasteiger partial charge in [-0.25, -0.2) is 13.1 Å². The van der Waals surface area contributed by atoms with E-state index in [9.17, 15) is 8.42 Å². The van der Waals surface area contributed by atoms with E-state index in [4.69, 9.17) is 9.47 Å². The topological polar surface area (TPSA) is 67.9 Å². The maximum Gasteiger partial charge on any atom is 0.244 e. The van der Waals surface area contributed by atoms with Crippen molar-refractivity contribution in [2.75, 3.05) is 32.8 Å². The molecule has 2 aliphatic rings. The molecule has 1 aromatic rings. The standard InChI is InChI=1S/C18H28N2O4S/c1-14-6-5-9-20(12-14)18(2,3)13-19-25(21,22)16-8-4-7-15-17(16)24-11-10-23-15/h4,7-8,14,19H,5-6,9-13H2,1-3H3/t14-/m1/s1. The molecule has 1 aromatic carbocycles. The van der Waals surface area contributed by atoms with Crippen LogP contribution in [0.25, 0.3) is 0 Å². The van der Waals surface area contributed by atoms with Crippen LogP contribution >= 0.6 is 0 Å². The van der Waals surface area contributed by atoms with Gasteiger partial charge >= 0.3 is 0 Å². The fourth-order valence-corrected chi connectivity index (χ4v) is 4.82. The number of rotatable bonds is 5. The molecule has 2 aliphatic heterocycles. The second kappa shape index (κ2) is 7.13. The predicted octanol–water partition coefficient (Wildman–Crippen LogP) is 2.25. The lowest BCUT2D eigenvalue weighted by Gasteiger charge is -2.43. The Morgan fingerprint density at radius 1 is 1.28 bits per heavy atom. The second-order valence-electron chi connectivity index (χ2n) is 7.61. The van der Waals surface area contributed by atoms with Crippen LogP contribution in [0.4, 0.5) is 0 Å². The Labute approximate surface area is 150 Å². The number of nitrogens with zero attached hydrogens (tertiary/aromatic N) is 1. The van der Waals surface area contributed by atoms with Gasteiger partial charge in [0.25, 0.3) is 0 Å². The molecular weight excluding hydrogens is 340 g/mol. The molecule has 0 bridgehead atoms. The zero-order valence-corrected chi connectivity index (χ0v) is 16.1. The van der Waals surface area contributed by atoms with Crippen molar-refractivity contribution in [1.82, 2.24) is 9.62 Å². The van der Waals surface area contributed by atoms with Crippen LogP contribution in [0.2, 0.25) is 0 Å². The Morgan fingerprint density at radius 2 is 2.04 bits per heavy atom. The molecule has 1 N–H and O–H groups in total. The summed E-state index contributed by atoms with van der Waals surface area (Å²) in [6, 6.07) is 4.97. The van der Waals surface area contributed by atoms with E-state index in [1.165, 1.54) is 6.42 Å². The fraction of sp³-hybridized carbons (Fsp3) is 0.667. The van der Waals surface area contributed by atoms with E-state index in [-0.39, 0.29) is 10.4 Å². The summed E-state index contributed by atoms with van der Waals surface area (Å²) in [6.45, 7) is 9.60. The lowest BCUT2D eigenvalue weighted by atomic mass is 9.94. The van der Waals surface area contributed by atoms with E-state index in [2.05, 4.69) is 30.4 Å². The first-order valence-corrected chi connectivity index (χ1v) is 10.4. The van der Waals surface area contributed by atoms with Gasteiger partial charge in [0.1, 0.15) is 18.1 Å². The summed E-state index contributed by atoms with van der Waals surface area (Å²) in [5.74, 6) is 1.44. The fourth-order valence-electron chi connectivity index (χ4n) is 3.46. The van der Waals surface area contributed by atoms with Gasteiger partial charge in [-0.2, -0.15) is 0 Å². The van der Waals surface area contributed by atoms with Gasteiger partial charge in [0.15, 0.2) is 11.5 Å². The Balaban J connectivity index is 1.74. The van der Waals surface area contributed by atoms with Gasteiger partial charge in [0.05, 0.1) is 0 Å². The molecule has 1 atom stereocenters. The Bertz CT molecular complexity index is 718. The molecule has 0 aromatic heterocycles. The van der Waals surface area contributed by atoms with Crippen LogP contribution < -0.4 is 14.2 Å². The lowest BCUT2D eigenvalue weighted by Crippen LogP contribution is -2.54. The Morgan fingerprint density at radius 3 is 2.80 bits per heavy atom. The van der Waals surface area contributed by atoms with E-state index < -0.39 is 10.0 Å². The van der Waals surface area contributed by atoms with Crippen LogP contribution in [0.3, 0.4) is 0 Å². The Hall–Kier alpha value is -1.31. The van der Waals surface area contributed by atoms with Crippen LogP contribution in [-0.2, 0) is 10.0 Å². The monoisotopic (exact) mass is 368 g/mol. The van der Waals surface area contributed by atoms with Crippen LogP contribution in [-0.4, -0.2) is 51.7 Å². The summed E-state index contributed by atoms with van der Waals surface area (Å²) < 4.78 is 39.5. The highest BCUT2D eigenvalue weighted by Crippen LogP contribution is 2.36. The third-order valence-electron chi connectivity index (χ3n) is 5.03. The number of ether oxygens (including phenoxy) is 2. The van der Waals surface area contributed by atoms with Gasteiger partial charge in [-0.1, -0.05) is 13.0 Å². The van der Waals surface area contributed by atoms with Gasteiger partial charge in [-0.3, -0.25) is 4.90 Å². The van der Waals surface area contributed by atoms with Crippen molar-refractivity contribution < 1.29 is 17.9 Å². The van der Waals surface area contributed by atoms with Gasteiger partial charge < -0.3 is 9.47 Å². The highest BCUT2D eigenvalue weighted by atomic mass is 32.2.